The summed E-state index contributed by atoms with van der Waals surface area (Å²) in [5, 5.41) is 0. The summed E-state index contributed by atoms with van der Waals surface area (Å²) in [5.74, 6) is 0. The van der Waals surface area contributed by atoms with E-state index in [-0.39, 0.29) is 0 Å². The molecular weight excluding hydrogens is 296 g/mol. The first-order valence-electron chi connectivity index (χ1n) is 3.97. The van der Waals surface area contributed by atoms with Crippen molar-refractivity contribution in [1.29, 1.82) is 0 Å². The first-order valence-corrected chi connectivity index (χ1v) is 5.55. The summed E-state index contributed by atoms with van der Waals surface area (Å²) in [6.07, 6.45) is 0. The number of aryl methyl sites for hydroxylation is 1. The minimum atomic E-state index is 0.868. The molecule has 0 atom stereocenters. The molecule has 13 heavy (non-hydrogen) atoms. The Kier molecular flexibility index (Phi) is 3.88. The van der Waals surface area contributed by atoms with Gasteiger partial charge in [0, 0.05) is 12.2 Å². The summed E-state index contributed by atoms with van der Waals surface area (Å²) in [4.78, 5) is 6.50. The van der Waals surface area contributed by atoms with Crippen molar-refractivity contribution >= 4 is 31.9 Å². The van der Waals surface area contributed by atoms with E-state index < -0.39 is 0 Å². The molecular formula is C9H12Br2N2. The van der Waals surface area contributed by atoms with Gasteiger partial charge in [0.1, 0.15) is 4.60 Å². The molecule has 1 heterocycles. The standard InChI is InChI=1S/C9H12Br2N2/c1-6-7(5-13(2)3)4-8(10)9(11)12-6/h4H,5H2,1-3H3. The first kappa shape index (κ1) is 11.1. The quantitative estimate of drug-likeness (QED) is 0.781. The van der Waals surface area contributed by atoms with Gasteiger partial charge < -0.3 is 4.90 Å². The Bertz CT molecular complexity index is 311. The number of pyridine rings is 1. The summed E-state index contributed by atoms with van der Waals surface area (Å²) in [6, 6.07) is 2.10. The van der Waals surface area contributed by atoms with Crippen molar-refractivity contribution in [3.8, 4) is 0 Å². The van der Waals surface area contributed by atoms with Crippen LogP contribution in [-0.2, 0) is 6.54 Å². The summed E-state index contributed by atoms with van der Waals surface area (Å²) in [7, 11) is 4.10. The molecule has 0 bridgehead atoms. The van der Waals surface area contributed by atoms with Crippen LogP contribution in [0.3, 0.4) is 0 Å². The van der Waals surface area contributed by atoms with Crippen molar-refractivity contribution in [2.45, 2.75) is 13.5 Å². The van der Waals surface area contributed by atoms with E-state index in [9.17, 15) is 0 Å². The van der Waals surface area contributed by atoms with E-state index in [2.05, 4.69) is 61.9 Å². The van der Waals surface area contributed by atoms with Crippen LogP contribution in [0.15, 0.2) is 15.1 Å². The summed E-state index contributed by atoms with van der Waals surface area (Å²) < 4.78 is 1.88. The van der Waals surface area contributed by atoms with E-state index in [1.54, 1.807) is 0 Å². The van der Waals surface area contributed by atoms with Crippen LogP contribution in [-0.4, -0.2) is 24.0 Å². The highest BCUT2D eigenvalue weighted by Gasteiger charge is 2.05. The van der Waals surface area contributed by atoms with Gasteiger partial charge in [0.2, 0.25) is 0 Å². The van der Waals surface area contributed by atoms with Gasteiger partial charge in [-0.1, -0.05) is 0 Å². The van der Waals surface area contributed by atoms with Crippen molar-refractivity contribution in [2.75, 3.05) is 14.1 Å². The zero-order chi connectivity index (χ0) is 10.0. The summed E-state index contributed by atoms with van der Waals surface area (Å²) >= 11 is 6.82. The highest BCUT2D eigenvalue weighted by molar-refractivity contribution is 9.13. The van der Waals surface area contributed by atoms with Crippen molar-refractivity contribution in [3.05, 3.63) is 26.4 Å². The molecule has 0 aliphatic rings. The number of hydrogen-bond acceptors (Lipinski definition) is 2. The monoisotopic (exact) mass is 306 g/mol. The number of hydrogen-bond donors (Lipinski definition) is 0. The molecule has 1 aromatic heterocycles. The normalized spacial score (nSPS) is 10.9. The second-order valence-electron chi connectivity index (χ2n) is 3.24. The minimum Gasteiger partial charge on any atom is -0.305 e. The molecule has 0 spiro atoms. The fourth-order valence-electron chi connectivity index (χ4n) is 1.09. The third kappa shape index (κ3) is 3.04. The topological polar surface area (TPSA) is 16.1 Å². The van der Waals surface area contributed by atoms with Gasteiger partial charge in [-0.3, -0.25) is 0 Å². The van der Waals surface area contributed by atoms with Crippen molar-refractivity contribution in [2.24, 2.45) is 0 Å². The Morgan fingerprint density at radius 2 is 2.00 bits per heavy atom. The lowest BCUT2D eigenvalue weighted by Gasteiger charge is -2.12. The molecule has 0 amide bonds. The highest BCUT2D eigenvalue weighted by atomic mass is 79.9. The van der Waals surface area contributed by atoms with E-state index in [1.807, 2.05) is 6.92 Å². The van der Waals surface area contributed by atoms with Crippen molar-refractivity contribution < 1.29 is 0 Å². The fourth-order valence-corrected chi connectivity index (χ4v) is 1.84. The van der Waals surface area contributed by atoms with E-state index in [0.29, 0.717) is 0 Å². The van der Waals surface area contributed by atoms with Gasteiger partial charge in [-0.25, -0.2) is 4.98 Å². The molecule has 0 radical (unpaired) electrons. The molecule has 0 fully saturated rings. The third-order valence-corrected chi connectivity index (χ3v) is 3.46. The lowest BCUT2D eigenvalue weighted by Crippen LogP contribution is -2.12. The predicted octanol–water partition coefficient (Wildman–Crippen LogP) is 2.98. The Balaban J connectivity index is 3.01. The lowest BCUT2D eigenvalue weighted by atomic mass is 10.2. The van der Waals surface area contributed by atoms with Crippen LogP contribution in [0.5, 0.6) is 0 Å². The van der Waals surface area contributed by atoms with Crippen LogP contribution in [0.2, 0.25) is 0 Å². The van der Waals surface area contributed by atoms with Gasteiger partial charge >= 0.3 is 0 Å². The average molecular weight is 308 g/mol. The van der Waals surface area contributed by atoms with Crippen molar-refractivity contribution in [3.63, 3.8) is 0 Å². The van der Waals surface area contributed by atoms with Gasteiger partial charge in [-0.05, 0) is 64.5 Å². The smallest absolute Gasteiger partial charge is 0.120 e. The molecule has 72 valence electrons. The number of halogens is 2. The molecule has 0 saturated carbocycles. The Hall–Kier alpha value is 0.0700. The molecule has 0 N–H and O–H groups in total. The molecule has 0 aliphatic heterocycles. The van der Waals surface area contributed by atoms with Crippen molar-refractivity contribution in [1.82, 2.24) is 9.88 Å². The second kappa shape index (κ2) is 4.53. The van der Waals surface area contributed by atoms with E-state index in [4.69, 9.17) is 0 Å². The summed E-state index contributed by atoms with van der Waals surface area (Å²) in [6.45, 7) is 2.95. The number of rotatable bonds is 2. The molecule has 1 rings (SSSR count). The van der Waals surface area contributed by atoms with Gasteiger partial charge in [-0.15, -0.1) is 0 Å². The van der Waals surface area contributed by atoms with E-state index >= 15 is 0 Å². The van der Waals surface area contributed by atoms with Crippen LogP contribution in [0.4, 0.5) is 0 Å². The Morgan fingerprint density at radius 3 is 2.54 bits per heavy atom. The zero-order valence-electron chi connectivity index (χ0n) is 7.93. The van der Waals surface area contributed by atoms with Gasteiger partial charge in [0.05, 0.1) is 4.47 Å². The Morgan fingerprint density at radius 1 is 1.38 bits per heavy atom. The fraction of sp³-hybridized carbons (Fsp3) is 0.444. The maximum Gasteiger partial charge on any atom is 0.120 e. The van der Waals surface area contributed by atoms with Crippen LogP contribution < -0.4 is 0 Å². The minimum absolute atomic E-state index is 0.868. The first-order chi connectivity index (χ1) is 6.00. The van der Waals surface area contributed by atoms with Gasteiger partial charge in [-0.2, -0.15) is 0 Å². The molecule has 0 saturated heterocycles. The third-order valence-electron chi connectivity index (χ3n) is 1.72. The average Bonchev–Trinajstić information content (AvgIpc) is 1.99. The molecule has 0 aromatic carbocycles. The van der Waals surface area contributed by atoms with E-state index in [0.717, 1.165) is 21.3 Å². The highest BCUT2D eigenvalue weighted by Crippen LogP contribution is 2.23. The maximum absolute atomic E-state index is 4.37. The van der Waals surface area contributed by atoms with E-state index in [1.165, 1.54) is 5.56 Å². The number of nitrogens with zero attached hydrogens (tertiary/aromatic N) is 2. The number of aromatic nitrogens is 1. The van der Waals surface area contributed by atoms with Crippen LogP contribution in [0, 0.1) is 6.92 Å². The SMILES string of the molecule is Cc1nc(Br)c(Br)cc1CN(C)C. The van der Waals surface area contributed by atoms with Crippen LogP contribution in [0.25, 0.3) is 0 Å². The van der Waals surface area contributed by atoms with Gasteiger partial charge in [0.25, 0.3) is 0 Å². The molecule has 4 heteroatoms. The summed E-state index contributed by atoms with van der Waals surface area (Å²) in [5.41, 5.74) is 2.32. The van der Waals surface area contributed by atoms with Gasteiger partial charge in [0.15, 0.2) is 0 Å². The zero-order valence-corrected chi connectivity index (χ0v) is 11.1. The molecule has 0 unspecified atom stereocenters. The van der Waals surface area contributed by atoms with Crippen LogP contribution >= 0.6 is 31.9 Å². The second-order valence-corrected chi connectivity index (χ2v) is 4.85. The lowest BCUT2D eigenvalue weighted by molar-refractivity contribution is 0.400. The maximum atomic E-state index is 4.37. The predicted molar refractivity (Wildman–Crippen MR) is 61.8 cm³/mol. The van der Waals surface area contributed by atoms with Crippen LogP contribution in [0.1, 0.15) is 11.3 Å². The largest absolute Gasteiger partial charge is 0.305 e. The Labute approximate surface area is 95.6 Å². The molecule has 2 nitrogen and oxygen atoms in total. The molecule has 0 aliphatic carbocycles. The molecule has 1 aromatic rings.